The van der Waals surface area contributed by atoms with Crippen molar-refractivity contribution in [1.82, 2.24) is 9.88 Å². The van der Waals surface area contributed by atoms with Crippen molar-refractivity contribution in [2.24, 2.45) is 0 Å². The molecule has 0 aliphatic heterocycles. The molecule has 0 atom stereocenters. The van der Waals surface area contributed by atoms with E-state index in [4.69, 9.17) is 11.6 Å². The summed E-state index contributed by atoms with van der Waals surface area (Å²) in [7, 11) is 0. The van der Waals surface area contributed by atoms with E-state index in [0.717, 1.165) is 30.2 Å². The van der Waals surface area contributed by atoms with Crippen LogP contribution in [-0.2, 0) is 13.1 Å². The van der Waals surface area contributed by atoms with Crippen LogP contribution < -0.4 is 5.32 Å². The smallest absolute Gasteiger partial charge is 0.0493 e. The van der Waals surface area contributed by atoms with Crippen molar-refractivity contribution in [2.75, 3.05) is 6.54 Å². The molecule has 0 saturated heterocycles. The van der Waals surface area contributed by atoms with Gasteiger partial charge >= 0.3 is 0 Å². The molecular weight excluding hydrogens is 340 g/mol. The third kappa shape index (κ3) is 4.31. The Morgan fingerprint density at radius 1 is 0.962 bits per heavy atom. The minimum Gasteiger partial charge on any atom is -0.340 e. The van der Waals surface area contributed by atoms with Gasteiger partial charge in [0.2, 0.25) is 0 Å². The van der Waals surface area contributed by atoms with Crippen molar-refractivity contribution in [3.63, 3.8) is 0 Å². The maximum atomic E-state index is 6.40. The van der Waals surface area contributed by atoms with Gasteiger partial charge in [-0.25, -0.2) is 0 Å². The normalized spacial score (nSPS) is 11.3. The second-order valence-corrected chi connectivity index (χ2v) is 7.40. The zero-order valence-electron chi connectivity index (χ0n) is 15.9. The minimum absolute atomic E-state index is 0.808. The second kappa shape index (κ2) is 9.25. The first-order valence-corrected chi connectivity index (χ1v) is 10.1. The highest BCUT2D eigenvalue weighted by molar-refractivity contribution is 6.31. The summed E-state index contributed by atoms with van der Waals surface area (Å²) in [6, 6.07) is 16.8. The first-order valence-electron chi connectivity index (χ1n) is 9.73. The molecule has 0 unspecified atom stereocenters. The van der Waals surface area contributed by atoms with Crippen molar-refractivity contribution < 1.29 is 0 Å². The first-order chi connectivity index (χ1) is 12.7. The van der Waals surface area contributed by atoms with Gasteiger partial charge in [-0.1, -0.05) is 74.2 Å². The number of nitrogens with one attached hydrogen (secondary N) is 1. The molecule has 1 heterocycles. The van der Waals surface area contributed by atoms with E-state index in [-0.39, 0.29) is 0 Å². The van der Waals surface area contributed by atoms with Gasteiger partial charge < -0.3 is 9.88 Å². The van der Waals surface area contributed by atoms with Gasteiger partial charge in [0.1, 0.15) is 0 Å². The SMILES string of the molecule is CCCCCCNCc1c(C)n(Cc2ccccc2Cl)c2ccccc12. The number of hydrogen-bond acceptors (Lipinski definition) is 1. The Balaban J connectivity index is 1.81. The number of fused-ring (bicyclic) bond motifs is 1. The van der Waals surface area contributed by atoms with E-state index < -0.39 is 0 Å². The fraction of sp³-hybridized carbons (Fsp3) is 0.391. The van der Waals surface area contributed by atoms with Crippen molar-refractivity contribution in [3.05, 3.63) is 70.4 Å². The molecule has 1 aromatic heterocycles. The lowest BCUT2D eigenvalue weighted by Gasteiger charge is -2.11. The maximum absolute atomic E-state index is 6.40. The van der Waals surface area contributed by atoms with E-state index in [2.05, 4.69) is 60.1 Å². The van der Waals surface area contributed by atoms with E-state index >= 15 is 0 Å². The van der Waals surface area contributed by atoms with Crippen LogP contribution in [-0.4, -0.2) is 11.1 Å². The Labute approximate surface area is 162 Å². The molecule has 26 heavy (non-hydrogen) atoms. The second-order valence-electron chi connectivity index (χ2n) is 7.00. The van der Waals surface area contributed by atoms with Crippen LogP contribution in [0, 0.1) is 6.92 Å². The molecular formula is C23H29ClN2. The minimum atomic E-state index is 0.808. The Bertz CT molecular complexity index is 851. The summed E-state index contributed by atoms with van der Waals surface area (Å²) in [5.41, 5.74) is 5.18. The third-order valence-corrected chi connectivity index (χ3v) is 5.53. The molecule has 3 heteroatoms. The van der Waals surface area contributed by atoms with Gasteiger partial charge in [0.25, 0.3) is 0 Å². The number of rotatable bonds is 9. The fourth-order valence-electron chi connectivity index (χ4n) is 3.62. The van der Waals surface area contributed by atoms with Gasteiger partial charge in [-0.05, 0) is 43.1 Å². The molecule has 2 nitrogen and oxygen atoms in total. The lowest BCUT2D eigenvalue weighted by atomic mass is 10.1. The van der Waals surface area contributed by atoms with E-state index in [1.807, 2.05) is 12.1 Å². The first kappa shape index (κ1) is 19.0. The van der Waals surface area contributed by atoms with Crippen LogP contribution in [0.1, 0.15) is 49.4 Å². The van der Waals surface area contributed by atoms with Crippen LogP contribution in [0.3, 0.4) is 0 Å². The van der Waals surface area contributed by atoms with Crippen molar-refractivity contribution >= 4 is 22.5 Å². The van der Waals surface area contributed by atoms with Crippen LogP contribution >= 0.6 is 11.6 Å². The molecule has 0 amide bonds. The summed E-state index contributed by atoms with van der Waals surface area (Å²) in [5.74, 6) is 0. The summed E-state index contributed by atoms with van der Waals surface area (Å²) in [6.07, 6.45) is 5.19. The van der Waals surface area contributed by atoms with E-state index in [1.165, 1.54) is 47.8 Å². The average Bonchev–Trinajstić information content (AvgIpc) is 2.92. The molecule has 138 valence electrons. The zero-order chi connectivity index (χ0) is 18.4. The predicted octanol–water partition coefficient (Wildman–Crippen LogP) is 6.32. The predicted molar refractivity (Wildman–Crippen MR) is 113 cm³/mol. The Morgan fingerprint density at radius 3 is 2.54 bits per heavy atom. The summed E-state index contributed by atoms with van der Waals surface area (Å²) in [6.45, 7) is 7.30. The van der Waals surface area contributed by atoms with Gasteiger partial charge in [-0.15, -0.1) is 0 Å². The Morgan fingerprint density at radius 2 is 1.73 bits per heavy atom. The highest BCUT2D eigenvalue weighted by atomic mass is 35.5. The molecule has 0 fully saturated rings. The molecule has 0 aliphatic carbocycles. The molecule has 2 aromatic carbocycles. The number of unbranched alkanes of at least 4 members (excludes halogenated alkanes) is 3. The largest absolute Gasteiger partial charge is 0.340 e. The van der Waals surface area contributed by atoms with Crippen molar-refractivity contribution in [1.29, 1.82) is 0 Å². The van der Waals surface area contributed by atoms with E-state index in [9.17, 15) is 0 Å². The molecule has 0 aliphatic rings. The highest BCUT2D eigenvalue weighted by Gasteiger charge is 2.14. The fourth-order valence-corrected chi connectivity index (χ4v) is 3.81. The number of hydrogen-bond donors (Lipinski definition) is 1. The molecule has 1 N–H and O–H groups in total. The van der Waals surface area contributed by atoms with Crippen LogP contribution in [0.25, 0.3) is 10.9 Å². The molecule has 3 aromatic rings. The number of aromatic nitrogens is 1. The summed E-state index contributed by atoms with van der Waals surface area (Å²) in [5, 5.41) is 5.82. The topological polar surface area (TPSA) is 17.0 Å². The summed E-state index contributed by atoms with van der Waals surface area (Å²) in [4.78, 5) is 0. The van der Waals surface area contributed by atoms with Crippen LogP contribution in [0.5, 0.6) is 0 Å². The maximum Gasteiger partial charge on any atom is 0.0493 e. The van der Waals surface area contributed by atoms with Crippen molar-refractivity contribution in [2.45, 2.75) is 52.6 Å². The number of nitrogens with zero attached hydrogens (tertiary/aromatic N) is 1. The lowest BCUT2D eigenvalue weighted by Crippen LogP contribution is -2.15. The number of para-hydroxylation sites is 1. The van der Waals surface area contributed by atoms with Gasteiger partial charge in [-0.3, -0.25) is 0 Å². The van der Waals surface area contributed by atoms with E-state index in [0.29, 0.717) is 0 Å². The summed E-state index contributed by atoms with van der Waals surface area (Å²) < 4.78 is 2.39. The molecule has 0 saturated carbocycles. The highest BCUT2D eigenvalue weighted by Crippen LogP contribution is 2.28. The van der Waals surface area contributed by atoms with Gasteiger partial charge in [0.05, 0.1) is 0 Å². The van der Waals surface area contributed by atoms with Crippen molar-refractivity contribution in [3.8, 4) is 0 Å². The van der Waals surface area contributed by atoms with Gasteiger partial charge in [0.15, 0.2) is 0 Å². The monoisotopic (exact) mass is 368 g/mol. The van der Waals surface area contributed by atoms with Crippen LogP contribution in [0.15, 0.2) is 48.5 Å². The molecule has 0 spiro atoms. The van der Waals surface area contributed by atoms with Gasteiger partial charge in [-0.2, -0.15) is 0 Å². The Hall–Kier alpha value is -1.77. The summed E-state index contributed by atoms with van der Waals surface area (Å²) >= 11 is 6.40. The van der Waals surface area contributed by atoms with E-state index in [1.54, 1.807) is 0 Å². The van der Waals surface area contributed by atoms with Gasteiger partial charge in [0, 0.05) is 34.7 Å². The molecule has 0 radical (unpaired) electrons. The molecule has 0 bridgehead atoms. The molecule has 3 rings (SSSR count). The van der Waals surface area contributed by atoms with Crippen LogP contribution in [0.2, 0.25) is 5.02 Å². The van der Waals surface area contributed by atoms with Crippen LogP contribution in [0.4, 0.5) is 0 Å². The quantitative estimate of drug-likeness (QED) is 0.437. The number of halogens is 1. The third-order valence-electron chi connectivity index (χ3n) is 5.16. The standard InChI is InChI=1S/C23H29ClN2/c1-3-4-5-10-15-25-16-21-18(2)26(23-14-9-7-12-20(21)23)17-19-11-6-8-13-22(19)24/h6-9,11-14,25H,3-5,10,15-17H2,1-2H3. The average molecular weight is 369 g/mol. The lowest BCUT2D eigenvalue weighted by molar-refractivity contribution is 0.597. The Kier molecular flexibility index (Phi) is 6.76. The zero-order valence-corrected chi connectivity index (χ0v) is 16.6. The number of benzene rings is 2.